The molecule has 0 spiro atoms. The van der Waals surface area contributed by atoms with Crippen molar-refractivity contribution in [2.75, 3.05) is 0 Å². The summed E-state index contributed by atoms with van der Waals surface area (Å²) in [6, 6.07) is 9.97. The van der Waals surface area contributed by atoms with Gasteiger partial charge in [-0.2, -0.15) is 4.39 Å². The highest BCUT2D eigenvalue weighted by Gasteiger charge is 2.22. The maximum absolute atomic E-state index is 14.6. The highest BCUT2D eigenvalue weighted by atomic mass is 19.2. The van der Waals surface area contributed by atoms with Crippen LogP contribution >= 0.6 is 0 Å². The molecule has 0 aliphatic heterocycles. The number of aryl methyl sites for hydroxylation is 1. The lowest BCUT2D eigenvalue weighted by Gasteiger charge is -2.28. The van der Waals surface area contributed by atoms with Crippen molar-refractivity contribution in [3.05, 3.63) is 82.7 Å². The van der Waals surface area contributed by atoms with E-state index >= 15 is 0 Å². The molecule has 0 atom stereocenters. The summed E-state index contributed by atoms with van der Waals surface area (Å²) in [7, 11) is 0. The third-order valence-electron chi connectivity index (χ3n) is 7.64. The van der Waals surface area contributed by atoms with Gasteiger partial charge in [0.2, 0.25) is 5.82 Å². The van der Waals surface area contributed by atoms with Crippen LogP contribution in [-0.2, 0) is 6.42 Å². The Hall–Kier alpha value is -2.89. The number of halogens is 5. The van der Waals surface area contributed by atoms with Crippen molar-refractivity contribution in [3.8, 4) is 22.6 Å². The van der Waals surface area contributed by atoms with Crippen LogP contribution in [0.15, 0.2) is 42.5 Å². The second kappa shape index (κ2) is 12.1. The zero-order valence-corrected chi connectivity index (χ0v) is 21.4. The Balaban J connectivity index is 1.45. The lowest BCUT2D eigenvalue weighted by Crippen LogP contribution is -2.15. The van der Waals surface area contributed by atoms with Crippen LogP contribution < -0.4 is 4.74 Å². The number of hydrogen-bond acceptors (Lipinski definition) is 1. The molecule has 0 radical (unpaired) electrons. The number of rotatable bonds is 9. The van der Waals surface area contributed by atoms with Gasteiger partial charge in [-0.05, 0) is 54.4 Å². The first-order chi connectivity index (χ1) is 17.8. The lowest BCUT2D eigenvalue weighted by atomic mass is 9.78. The largest absolute Gasteiger partial charge is 0.454 e. The Kier molecular flexibility index (Phi) is 8.88. The molecule has 1 fully saturated rings. The van der Waals surface area contributed by atoms with E-state index in [0.717, 1.165) is 30.7 Å². The van der Waals surface area contributed by atoms with E-state index in [1.165, 1.54) is 57.4 Å². The molecule has 1 nitrogen and oxygen atoms in total. The molecular formula is C31H33F5O. The molecule has 3 aromatic rings. The average molecular weight is 517 g/mol. The third-order valence-corrected chi connectivity index (χ3v) is 7.64. The molecule has 37 heavy (non-hydrogen) atoms. The van der Waals surface area contributed by atoms with Crippen molar-refractivity contribution in [3.63, 3.8) is 0 Å². The minimum atomic E-state index is -1.66. The molecule has 0 amide bonds. The summed E-state index contributed by atoms with van der Waals surface area (Å²) in [5.74, 6) is -6.39. The average Bonchev–Trinajstić information content (AvgIpc) is 2.90. The van der Waals surface area contributed by atoms with Crippen molar-refractivity contribution < 1.29 is 26.7 Å². The maximum atomic E-state index is 14.6. The van der Waals surface area contributed by atoms with Gasteiger partial charge in [-0.25, -0.2) is 17.6 Å². The van der Waals surface area contributed by atoms with Gasteiger partial charge in [-0.3, -0.25) is 0 Å². The summed E-state index contributed by atoms with van der Waals surface area (Å²) in [6.07, 6.45) is 11.3. The highest BCUT2D eigenvalue weighted by molar-refractivity contribution is 5.70. The first kappa shape index (κ1) is 27.2. The molecule has 1 aliphatic rings. The molecule has 6 heteroatoms. The van der Waals surface area contributed by atoms with Gasteiger partial charge in [-0.15, -0.1) is 0 Å². The van der Waals surface area contributed by atoms with Gasteiger partial charge in [-0.1, -0.05) is 76.1 Å². The second-order valence-corrected chi connectivity index (χ2v) is 10.2. The van der Waals surface area contributed by atoms with Gasteiger partial charge >= 0.3 is 0 Å². The van der Waals surface area contributed by atoms with E-state index in [1.807, 2.05) is 24.3 Å². The Bertz CT molecular complexity index is 1190. The van der Waals surface area contributed by atoms with E-state index in [-0.39, 0.29) is 5.56 Å². The van der Waals surface area contributed by atoms with Crippen molar-refractivity contribution >= 4 is 0 Å². The topological polar surface area (TPSA) is 9.23 Å². The van der Waals surface area contributed by atoms with Crippen molar-refractivity contribution in [1.29, 1.82) is 0 Å². The van der Waals surface area contributed by atoms with Gasteiger partial charge < -0.3 is 4.74 Å². The normalized spacial score (nSPS) is 17.7. The maximum Gasteiger partial charge on any atom is 0.201 e. The zero-order chi connectivity index (χ0) is 26.5. The van der Waals surface area contributed by atoms with Crippen LogP contribution in [0.5, 0.6) is 11.5 Å². The Labute approximate surface area is 215 Å². The van der Waals surface area contributed by atoms with Crippen LogP contribution in [0.3, 0.4) is 0 Å². The van der Waals surface area contributed by atoms with E-state index in [4.69, 9.17) is 4.74 Å². The van der Waals surface area contributed by atoms with E-state index in [0.29, 0.717) is 23.3 Å². The Morgan fingerprint density at radius 3 is 1.92 bits per heavy atom. The zero-order valence-electron chi connectivity index (χ0n) is 21.4. The molecule has 0 saturated heterocycles. The third kappa shape index (κ3) is 6.52. The molecule has 0 bridgehead atoms. The highest BCUT2D eigenvalue weighted by Crippen LogP contribution is 2.38. The van der Waals surface area contributed by atoms with E-state index in [2.05, 4.69) is 6.92 Å². The van der Waals surface area contributed by atoms with Crippen molar-refractivity contribution in [2.45, 2.75) is 71.6 Å². The molecule has 198 valence electrons. The smallest absolute Gasteiger partial charge is 0.201 e. The van der Waals surface area contributed by atoms with Crippen LogP contribution in [0.4, 0.5) is 22.0 Å². The molecule has 1 aliphatic carbocycles. The summed E-state index contributed by atoms with van der Waals surface area (Å²) in [5, 5.41) is 0. The fraction of sp³-hybridized carbons (Fsp3) is 0.419. The predicted molar refractivity (Wildman–Crippen MR) is 136 cm³/mol. The molecular weight excluding hydrogens is 483 g/mol. The number of ether oxygens (including phenoxy) is 1. The predicted octanol–water partition coefficient (Wildman–Crippen LogP) is 10.1. The van der Waals surface area contributed by atoms with Crippen LogP contribution in [-0.4, -0.2) is 0 Å². The SMILES string of the molecule is CCCC[C@H]1CC[C@H](CCc2ccc(-c3cc(F)c(F)c(Oc4cc(F)c(F)c(F)c4)c3C)cc2)CC1. The molecule has 4 rings (SSSR count). The molecule has 0 heterocycles. The number of benzene rings is 3. The molecule has 1 saturated carbocycles. The van der Waals surface area contributed by atoms with Crippen LogP contribution in [0.2, 0.25) is 0 Å². The monoisotopic (exact) mass is 516 g/mol. The Morgan fingerprint density at radius 1 is 0.757 bits per heavy atom. The molecule has 0 unspecified atom stereocenters. The fourth-order valence-corrected chi connectivity index (χ4v) is 5.35. The van der Waals surface area contributed by atoms with Crippen molar-refractivity contribution in [2.24, 2.45) is 11.8 Å². The van der Waals surface area contributed by atoms with Gasteiger partial charge in [0.1, 0.15) is 5.75 Å². The van der Waals surface area contributed by atoms with E-state index < -0.39 is 40.6 Å². The molecule has 0 aromatic heterocycles. The van der Waals surface area contributed by atoms with Crippen LogP contribution in [0, 0.1) is 47.8 Å². The van der Waals surface area contributed by atoms with Crippen LogP contribution in [0.1, 0.15) is 69.4 Å². The summed E-state index contributed by atoms with van der Waals surface area (Å²) in [4.78, 5) is 0. The minimum absolute atomic E-state index is 0.261. The number of unbranched alkanes of at least 4 members (excludes halogenated alkanes) is 1. The van der Waals surface area contributed by atoms with Gasteiger partial charge in [0, 0.05) is 17.7 Å². The molecule has 3 aromatic carbocycles. The first-order valence-electron chi connectivity index (χ1n) is 13.2. The summed E-state index contributed by atoms with van der Waals surface area (Å²) < 4.78 is 74.8. The van der Waals surface area contributed by atoms with Crippen molar-refractivity contribution in [1.82, 2.24) is 0 Å². The Morgan fingerprint density at radius 2 is 1.32 bits per heavy atom. The standard InChI is InChI=1S/C31H33F5O/c1-3-4-5-20-6-8-21(9-7-20)10-11-22-12-14-23(15-13-22)25-18-28(34)30(36)31(19(25)2)37-24-16-26(32)29(35)27(33)17-24/h12-18,20-21H,3-11H2,1-2H3/t20-,21-. The van der Waals surface area contributed by atoms with Gasteiger partial charge in [0.15, 0.2) is 29.0 Å². The second-order valence-electron chi connectivity index (χ2n) is 10.2. The molecule has 0 N–H and O–H groups in total. The first-order valence-corrected chi connectivity index (χ1v) is 13.2. The van der Waals surface area contributed by atoms with Gasteiger partial charge in [0.25, 0.3) is 0 Å². The lowest BCUT2D eigenvalue weighted by molar-refractivity contribution is 0.250. The summed E-state index contributed by atoms with van der Waals surface area (Å²) >= 11 is 0. The quantitative estimate of drug-likeness (QED) is 0.203. The minimum Gasteiger partial charge on any atom is -0.454 e. The fourth-order valence-electron chi connectivity index (χ4n) is 5.35. The summed E-state index contributed by atoms with van der Waals surface area (Å²) in [5.41, 5.74) is 2.51. The van der Waals surface area contributed by atoms with Gasteiger partial charge in [0.05, 0.1) is 0 Å². The van der Waals surface area contributed by atoms with E-state index in [1.54, 1.807) is 0 Å². The number of hydrogen-bond donors (Lipinski definition) is 0. The van der Waals surface area contributed by atoms with E-state index in [9.17, 15) is 22.0 Å². The van der Waals surface area contributed by atoms with Crippen LogP contribution in [0.25, 0.3) is 11.1 Å². The summed E-state index contributed by atoms with van der Waals surface area (Å²) in [6.45, 7) is 3.78.